The van der Waals surface area contributed by atoms with E-state index in [2.05, 4.69) is 10.4 Å². The third-order valence-electron chi connectivity index (χ3n) is 2.75. The molecule has 0 bridgehead atoms. The van der Waals surface area contributed by atoms with Crippen molar-refractivity contribution in [2.24, 2.45) is 7.05 Å². The molecule has 1 N–H and O–H groups in total. The Bertz CT molecular complexity index is 357. The second-order valence-corrected chi connectivity index (χ2v) is 4.03. The molecule has 6 heteroatoms. The molecule has 0 aromatic carbocycles. The fourth-order valence-electron chi connectivity index (χ4n) is 1.79. The highest BCUT2D eigenvalue weighted by Gasteiger charge is 2.29. The highest BCUT2D eigenvalue weighted by molar-refractivity contribution is 5.14. The topological polar surface area (TPSA) is 29.9 Å². The molecule has 0 amide bonds. The van der Waals surface area contributed by atoms with Crippen LogP contribution in [0.15, 0.2) is 6.07 Å². The first-order valence-corrected chi connectivity index (χ1v) is 5.64. The molecule has 1 aromatic heterocycles. The minimum atomic E-state index is -4.11. The third-order valence-corrected chi connectivity index (χ3v) is 2.75. The normalized spacial score (nSPS) is 14.0. The Kier molecular flexibility index (Phi) is 4.56. The molecule has 0 saturated heterocycles. The van der Waals surface area contributed by atoms with E-state index < -0.39 is 12.6 Å². The lowest BCUT2D eigenvalue weighted by molar-refractivity contribution is -0.136. The van der Waals surface area contributed by atoms with E-state index in [1.165, 1.54) is 0 Å². The maximum absolute atomic E-state index is 12.2. The monoisotopic (exact) mass is 249 g/mol. The Labute approximate surface area is 99.0 Å². The van der Waals surface area contributed by atoms with Crippen molar-refractivity contribution in [2.75, 3.05) is 7.05 Å². The Morgan fingerprint density at radius 2 is 2.12 bits per heavy atom. The van der Waals surface area contributed by atoms with E-state index in [1.54, 1.807) is 18.8 Å². The maximum Gasteiger partial charge on any atom is 0.389 e. The van der Waals surface area contributed by atoms with Crippen LogP contribution in [0, 0.1) is 0 Å². The van der Waals surface area contributed by atoms with Crippen LogP contribution in [0.1, 0.15) is 37.2 Å². The number of nitrogens with one attached hydrogen (secondary N) is 1. The van der Waals surface area contributed by atoms with Gasteiger partial charge in [-0.3, -0.25) is 4.68 Å². The number of halogens is 3. The van der Waals surface area contributed by atoms with Crippen molar-refractivity contribution in [3.8, 4) is 0 Å². The first kappa shape index (κ1) is 14.0. The highest BCUT2D eigenvalue weighted by Crippen LogP contribution is 2.27. The minimum Gasteiger partial charge on any atom is -0.312 e. The van der Waals surface area contributed by atoms with Gasteiger partial charge < -0.3 is 5.32 Å². The lowest BCUT2D eigenvalue weighted by Gasteiger charge is -2.17. The lowest BCUT2D eigenvalue weighted by Crippen LogP contribution is -2.21. The number of aryl methyl sites for hydroxylation is 2. The predicted octanol–water partition coefficient (Wildman–Crippen LogP) is 2.59. The van der Waals surface area contributed by atoms with Crippen molar-refractivity contribution in [1.29, 1.82) is 0 Å². The van der Waals surface area contributed by atoms with Gasteiger partial charge in [-0.25, -0.2) is 0 Å². The van der Waals surface area contributed by atoms with E-state index in [0.717, 1.165) is 17.8 Å². The number of rotatable bonds is 5. The van der Waals surface area contributed by atoms with Gasteiger partial charge in [-0.1, -0.05) is 6.92 Å². The molecular weight excluding hydrogens is 231 g/mol. The Hall–Kier alpha value is -1.04. The Morgan fingerprint density at radius 3 is 2.53 bits per heavy atom. The van der Waals surface area contributed by atoms with Crippen molar-refractivity contribution in [3.05, 3.63) is 17.5 Å². The average Bonchev–Trinajstić information content (AvgIpc) is 2.60. The molecule has 0 aliphatic heterocycles. The molecule has 0 fully saturated rings. The van der Waals surface area contributed by atoms with Crippen molar-refractivity contribution in [2.45, 2.75) is 38.4 Å². The molecule has 1 aromatic rings. The summed E-state index contributed by atoms with van der Waals surface area (Å²) in [7, 11) is 3.42. The molecule has 1 heterocycles. The zero-order valence-corrected chi connectivity index (χ0v) is 10.3. The van der Waals surface area contributed by atoms with E-state index >= 15 is 0 Å². The van der Waals surface area contributed by atoms with Crippen molar-refractivity contribution >= 4 is 0 Å². The van der Waals surface area contributed by atoms with Crippen LogP contribution in [-0.4, -0.2) is 23.0 Å². The van der Waals surface area contributed by atoms with Crippen LogP contribution in [0.3, 0.4) is 0 Å². The minimum absolute atomic E-state index is 0.0304. The van der Waals surface area contributed by atoms with Crippen LogP contribution in [-0.2, 0) is 13.5 Å². The zero-order valence-electron chi connectivity index (χ0n) is 10.3. The van der Waals surface area contributed by atoms with E-state index in [0.29, 0.717) is 0 Å². The van der Waals surface area contributed by atoms with Crippen LogP contribution < -0.4 is 5.32 Å². The second kappa shape index (κ2) is 5.53. The summed E-state index contributed by atoms with van der Waals surface area (Å²) in [6.07, 6.45) is -4.08. The number of hydrogen-bond acceptors (Lipinski definition) is 2. The average molecular weight is 249 g/mol. The largest absolute Gasteiger partial charge is 0.389 e. The SMILES string of the molecule is CCc1cc(C(CCC(F)(F)F)NC)n(C)n1. The van der Waals surface area contributed by atoms with Crippen LogP contribution in [0.25, 0.3) is 0 Å². The quantitative estimate of drug-likeness (QED) is 0.869. The molecule has 98 valence electrons. The summed E-state index contributed by atoms with van der Waals surface area (Å²) in [5, 5.41) is 7.15. The summed E-state index contributed by atoms with van der Waals surface area (Å²) in [5.41, 5.74) is 1.70. The van der Waals surface area contributed by atoms with E-state index in [-0.39, 0.29) is 12.5 Å². The van der Waals surface area contributed by atoms with Gasteiger partial charge in [0.1, 0.15) is 0 Å². The van der Waals surface area contributed by atoms with Crippen LogP contribution >= 0.6 is 0 Å². The first-order chi connectivity index (χ1) is 7.87. The van der Waals surface area contributed by atoms with Crippen LogP contribution in [0.5, 0.6) is 0 Å². The molecule has 0 aliphatic rings. The molecule has 1 rings (SSSR count). The van der Waals surface area contributed by atoms with Crippen LogP contribution in [0.2, 0.25) is 0 Å². The van der Waals surface area contributed by atoms with Crippen LogP contribution in [0.4, 0.5) is 13.2 Å². The molecule has 0 aliphatic carbocycles. The van der Waals surface area contributed by atoms with E-state index in [4.69, 9.17) is 0 Å². The number of aromatic nitrogens is 2. The standard InChI is InChI=1S/C11H18F3N3/c1-4-8-7-10(17(3)16-8)9(15-2)5-6-11(12,13)14/h7,9,15H,4-6H2,1-3H3. The lowest BCUT2D eigenvalue weighted by atomic mass is 10.1. The molecule has 0 radical (unpaired) electrons. The van der Waals surface area contributed by atoms with Gasteiger partial charge in [0.15, 0.2) is 0 Å². The summed E-state index contributed by atoms with van der Waals surface area (Å²) in [6, 6.07) is 1.55. The van der Waals surface area contributed by atoms with Gasteiger partial charge >= 0.3 is 6.18 Å². The Balaban J connectivity index is 2.75. The van der Waals surface area contributed by atoms with E-state index in [1.807, 2.05) is 13.0 Å². The summed E-state index contributed by atoms with van der Waals surface area (Å²) < 4.78 is 38.2. The molecule has 17 heavy (non-hydrogen) atoms. The number of alkyl halides is 3. The smallest absolute Gasteiger partial charge is 0.312 e. The van der Waals surface area contributed by atoms with Gasteiger partial charge in [0.2, 0.25) is 0 Å². The summed E-state index contributed by atoms with van der Waals surface area (Å²) >= 11 is 0. The van der Waals surface area contributed by atoms with Crippen molar-refractivity contribution in [3.63, 3.8) is 0 Å². The predicted molar refractivity (Wildman–Crippen MR) is 59.7 cm³/mol. The van der Waals surface area contributed by atoms with Gasteiger partial charge in [0.05, 0.1) is 11.4 Å². The van der Waals surface area contributed by atoms with Crippen molar-refractivity contribution < 1.29 is 13.2 Å². The summed E-state index contributed by atoms with van der Waals surface area (Å²) in [6.45, 7) is 1.97. The molecule has 3 nitrogen and oxygen atoms in total. The highest BCUT2D eigenvalue weighted by atomic mass is 19.4. The first-order valence-electron chi connectivity index (χ1n) is 5.64. The fraction of sp³-hybridized carbons (Fsp3) is 0.727. The Morgan fingerprint density at radius 1 is 1.47 bits per heavy atom. The number of nitrogens with zero attached hydrogens (tertiary/aromatic N) is 2. The van der Waals surface area contributed by atoms with E-state index in [9.17, 15) is 13.2 Å². The molecule has 0 saturated carbocycles. The number of hydrogen-bond donors (Lipinski definition) is 1. The van der Waals surface area contributed by atoms with Gasteiger partial charge in [0.25, 0.3) is 0 Å². The van der Waals surface area contributed by atoms with Gasteiger partial charge in [0, 0.05) is 19.5 Å². The van der Waals surface area contributed by atoms with Gasteiger partial charge in [-0.2, -0.15) is 18.3 Å². The summed E-state index contributed by atoms with van der Waals surface area (Å²) in [4.78, 5) is 0. The molecule has 1 unspecified atom stereocenters. The maximum atomic E-state index is 12.2. The molecule has 0 spiro atoms. The third kappa shape index (κ3) is 4.03. The van der Waals surface area contributed by atoms with Gasteiger partial charge in [-0.15, -0.1) is 0 Å². The molecule has 1 atom stereocenters. The zero-order chi connectivity index (χ0) is 13.1. The fourth-order valence-corrected chi connectivity index (χ4v) is 1.79. The summed E-state index contributed by atoms with van der Waals surface area (Å²) in [5.74, 6) is 0. The second-order valence-electron chi connectivity index (χ2n) is 4.03. The van der Waals surface area contributed by atoms with Gasteiger partial charge in [-0.05, 0) is 26.0 Å². The molecular formula is C11H18F3N3. The van der Waals surface area contributed by atoms with Crippen molar-refractivity contribution in [1.82, 2.24) is 15.1 Å².